The van der Waals surface area contributed by atoms with Crippen LogP contribution in [0, 0.1) is 23.3 Å². The summed E-state index contributed by atoms with van der Waals surface area (Å²) in [5.74, 6) is -1.55. The van der Waals surface area contributed by atoms with Gasteiger partial charge in [0.25, 0.3) is 0 Å². The third-order valence-electron chi connectivity index (χ3n) is 4.61. The van der Waals surface area contributed by atoms with Gasteiger partial charge in [0, 0.05) is 21.1 Å². The first-order valence-corrected chi connectivity index (χ1v) is 13.3. The van der Waals surface area contributed by atoms with Crippen LogP contribution in [0.3, 0.4) is 0 Å². The zero-order valence-electron chi connectivity index (χ0n) is 22.5. The minimum absolute atomic E-state index is 0.0833. The summed E-state index contributed by atoms with van der Waals surface area (Å²) in [6.07, 6.45) is -9.50. The van der Waals surface area contributed by atoms with Gasteiger partial charge in [0.2, 0.25) is 0 Å². The summed E-state index contributed by atoms with van der Waals surface area (Å²) >= 11 is 16.5. The Morgan fingerprint density at radius 1 is 0.333 bits per heavy atom. The number of rotatable bonds is 0. The maximum absolute atomic E-state index is 12.1. The molecule has 0 aliphatic heterocycles. The fourth-order valence-corrected chi connectivity index (χ4v) is 3.28. The van der Waals surface area contributed by atoms with Gasteiger partial charge in [0.1, 0.15) is 23.3 Å². The molecule has 0 spiro atoms. The molecule has 45 heavy (non-hydrogen) atoms. The van der Waals surface area contributed by atoms with Crippen LogP contribution in [0.1, 0.15) is 11.1 Å². The van der Waals surface area contributed by atoms with Crippen LogP contribution in [-0.2, 0) is 12.4 Å². The Balaban J connectivity index is 0.000000289. The Hall–Kier alpha value is -3.73. The Bertz CT molecular complexity index is 1370. The highest BCUT2D eigenvalue weighted by Crippen LogP contribution is 2.34. The van der Waals surface area contributed by atoms with E-state index in [0.29, 0.717) is 27.2 Å². The van der Waals surface area contributed by atoms with Crippen LogP contribution >= 0.6 is 34.8 Å². The van der Waals surface area contributed by atoms with Crippen molar-refractivity contribution in [2.45, 2.75) is 12.4 Å². The molecule has 0 heterocycles. The highest BCUT2D eigenvalue weighted by molar-refractivity contribution is 6.34. The summed E-state index contributed by atoms with van der Waals surface area (Å²) < 4.78 is 120. The molecule has 0 aliphatic carbocycles. The molecule has 0 saturated heterocycles. The molecule has 0 atom stereocenters. The van der Waals surface area contributed by atoms with Crippen molar-refractivity contribution in [2.75, 3.05) is 0 Å². The van der Waals surface area contributed by atoms with E-state index in [1.54, 1.807) is 48.5 Å². The lowest BCUT2D eigenvalue weighted by atomic mass is 10.1. The van der Waals surface area contributed by atoms with Gasteiger partial charge in [-0.25, -0.2) is 17.6 Å². The van der Waals surface area contributed by atoms with Crippen LogP contribution in [0.5, 0.6) is 0 Å². The van der Waals surface area contributed by atoms with Gasteiger partial charge in [0.05, 0.1) is 11.1 Å². The number of hydrogen-bond donors (Lipinski definition) is 0. The second-order valence-electron chi connectivity index (χ2n) is 8.19. The van der Waals surface area contributed by atoms with Crippen molar-refractivity contribution in [2.24, 2.45) is 0 Å². The van der Waals surface area contributed by atoms with Crippen molar-refractivity contribution in [1.82, 2.24) is 0 Å². The van der Waals surface area contributed by atoms with Crippen molar-refractivity contribution in [3.63, 3.8) is 0 Å². The Labute approximate surface area is 267 Å². The predicted octanol–water partition coefficient (Wildman–Crippen LogP) is 13.0. The molecule has 0 saturated carbocycles. The first kappa shape index (κ1) is 39.3. The smallest absolute Gasteiger partial charge is 0.207 e. The molecule has 0 bridgehead atoms. The average molecular weight is 702 g/mol. The van der Waals surface area contributed by atoms with E-state index in [2.05, 4.69) is 0 Å². The fraction of sp³-hybridized carbons (Fsp3) is 0.0625. The standard InChI is InChI=1S/C8H4F6.C6H4Cl2.C6H4ClF.C6H4F2.C6H5F/c9-7(10,11)5-2-1-3-6(4-5)8(12,13)14;3*7-5-2-1-3-6(8)4-5;7-6-4-2-1-3-5-6/h1-4H;3*1-4H;1-5H. The Morgan fingerprint density at radius 3 is 0.911 bits per heavy atom. The second-order valence-corrected chi connectivity index (χ2v) is 9.50. The van der Waals surface area contributed by atoms with Crippen LogP contribution in [0.15, 0.2) is 127 Å². The van der Waals surface area contributed by atoms with Gasteiger partial charge < -0.3 is 0 Å². The summed E-state index contributed by atoms with van der Waals surface area (Å²) in [6.45, 7) is 0. The molecular formula is C32H21Cl3F10. The number of hydrogen-bond acceptors (Lipinski definition) is 0. The zero-order chi connectivity index (χ0) is 34.0. The summed E-state index contributed by atoms with van der Waals surface area (Å²) in [4.78, 5) is 0. The number of benzene rings is 5. The molecule has 0 unspecified atom stereocenters. The molecule has 5 aromatic rings. The van der Waals surface area contributed by atoms with E-state index < -0.39 is 35.1 Å². The molecular weight excluding hydrogens is 681 g/mol. The molecule has 5 rings (SSSR count). The van der Waals surface area contributed by atoms with Crippen LogP contribution in [-0.4, -0.2) is 0 Å². The lowest BCUT2D eigenvalue weighted by Gasteiger charge is -2.10. The quantitative estimate of drug-likeness (QED) is 0.141. The molecule has 0 fully saturated rings. The van der Waals surface area contributed by atoms with E-state index in [9.17, 15) is 43.9 Å². The van der Waals surface area contributed by atoms with Crippen LogP contribution in [0.25, 0.3) is 0 Å². The topological polar surface area (TPSA) is 0 Å². The molecule has 0 nitrogen and oxygen atoms in total. The fourth-order valence-electron chi connectivity index (χ4n) is 2.67. The van der Waals surface area contributed by atoms with E-state index >= 15 is 0 Å². The second kappa shape index (κ2) is 19.6. The van der Waals surface area contributed by atoms with Gasteiger partial charge >= 0.3 is 12.4 Å². The molecule has 240 valence electrons. The Morgan fingerprint density at radius 2 is 0.667 bits per heavy atom. The molecule has 0 aliphatic rings. The third-order valence-corrected chi connectivity index (χ3v) is 5.32. The molecule has 5 aromatic carbocycles. The predicted molar refractivity (Wildman–Crippen MR) is 157 cm³/mol. The number of halogens is 13. The van der Waals surface area contributed by atoms with E-state index in [-0.39, 0.29) is 17.7 Å². The van der Waals surface area contributed by atoms with Gasteiger partial charge in [-0.05, 0) is 78.9 Å². The molecule has 0 N–H and O–H groups in total. The van der Waals surface area contributed by atoms with E-state index in [1.807, 2.05) is 6.07 Å². The SMILES string of the molecule is Clc1cccc(Cl)c1.FC(F)(F)c1cccc(C(F)(F)F)c1.Fc1cccc(Cl)c1.Fc1cccc(F)c1.Fc1ccccc1. The van der Waals surface area contributed by atoms with Crippen molar-refractivity contribution in [3.05, 3.63) is 177 Å². The molecule has 0 aromatic heterocycles. The van der Waals surface area contributed by atoms with Crippen molar-refractivity contribution in [3.8, 4) is 0 Å². The highest BCUT2D eigenvalue weighted by Gasteiger charge is 2.35. The molecule has 13 heteroatoms. The summed E-state index contributed by atoms with van der Waals surface area (Å²) in [7, 11) is 0. The monoisotopic (exact) mass is 700 g/mol. The lowest BCUT2D eigenvalue weighted by Crippen LogP contribution is -2.09. The first-order valence-electron chi connectivity index (χ1n) is 12.2. The highest BCUT2D eigenvalue weighted by atomic mass is 35.5. The summed E-state index contributed by atoms with van der Waals surface area (Å²) in [5.41, 5.74) is -2.60. The summed E-state index contributed by atoms with van der Waals surface area (Å²) in [6, 6.07) is 27.4. The summed E-state index contributed by atoms with van der Waals surface area (Å²) in [5, 5.41) is 1.79. The minimum atomic E-state index is -4.75. The first-order chi connectivity index (χ1) is 21.0. The maximum Gasteiger partial charge on any atom is 0.416 e. The van der Waals surface area contributed by atoms with Crippen molar-refractivity contribution in [1.29, 1.82) is 0 Å². The molecule has 0 amide bonds. The largest absolute Gasteiger partial charge is 0.416 e. The number of alkyl halides is 6. The van der Waals surface area contributed by atoms with Crippen LogP contribution in [0.4, 0.5) is 43.9 Å². The maximum atomic E-state index is 12.1. The lowest BCUT2D eigenvalue weighted by molar-refractivity contribution is -0.143. The molecule has 0 radical (unpaired) electrons. The van der Waals surface area contributed by atoms with Crippen LogP contribution < -0.4 is 0 Å². The van der Waals surface area contributed by atoms with E-state index in [0.717, 1.165) is 12.1 Å². The van der Waals surface area contributed by atoms with Gasteiger partial charge in [-0.1, -0.05) is 77.3 Å². The zero-order valence-corrected chi connectivity index (χ0v) is 24.8. The average Bonchev–Trinajstić information content (AvgIpc) is 2.94. The van der Waals surface area contributed by atoms with E-state index in [1.165, 1.54) is 42.5 Å². The minimum Gasteiger partial charge on any atom is -0.207 e. The van der Waals surface area contributed by atoms with Gasteiger partial charge in [-0.2, -0.15) is 26.3 Å². The van der Waals surface area contributed by atoms with Gasteiger partial charge in [-0.3, -0.25) is 0 Å². The Kier molecular flexibility index (Phi) is 17.1. The third kappa shape index (κ3) is 18.6. The van der Waals surface area contributed by atoms with Crippen molar-refractivity contribution < 1.29 is 43.9 Å². The van der Waals surface area contributed by atoms with Crippen LogP contribution in [0.2, 0.25) is 15.1 Å². The normalized spacial score (nSPS) is 10.3. The van der Waals surface area contributed by atoms with Crippen molar-refractivity contribution >= 4 is 34.8 Å². The van der Waals surface area contributed by atoms with E-state index in [4.69, 9.17) is 34.8 Å². The van der Waals surface area contributed by atoms with Gasteiger partial charge in [-0.15, -0.1) is 0 Å². The van der Waals surface area contributed by atoms with Gasteiger partial charge in [0.15, 0.2) is 0 Å².